The fourth-order valence-electron chi connectivity index (χ4n) is 4.02. The van der Waals surface area contributed by atoms with Crippen LogP contribution in [-0.4, -0.2) is 20.1 Å². The third-order valence-corrected chi connectivity index (χ3v) is 5.58. The van der Waals surface area contributed by atoms with Crippen LogP contribution in [0.15, 0.2) is 88.4 Å². The number of nitrogens with zero attached hydrogens (tertiary/aromatic N) is 2. The van der Waals surface area contributed by atoms with Crippen molar-refractivity contribution >= 4 is 34.3 Å². The molecule has 2 heterocycles. The van der Waals surface area contributed by atoms with Crippen LogP contribution in [0, 0.1) is 0 Å². The van der Waals surface area contributed by atoms with Gasteiger partial charge in [-0.3, -0.25) is 9.51 Å². The minimum absolute atomic E-state index is 0.384. The lowest BCUT2D eigenvalue weighted by Crippen LogP contribution is -1.95. The van der Waals surface area contributed by atoms with Crippen LogP contribution in [0.1, 0.15) is 41.4 Å². The van der Waals surface area contributed by atoms with Gasteiger partial charge >= 0.3 is 5.76 Å². The SMILES string of the molecule is CC/C(=C(/c1ccc(/C=C/c2noc(=O)[nH]2)cc1)c1ccc2nc[nH]c2c1)c1ccccc1. The zero-order valence-electron chi connectivity index (χ0n) is 18.1. The molecule has 6 heteroatoms. The molecule has 0 aliphatic heterocycles. The molecule has 0 fully saturated rings. The average Bonchev–Trinajstić information content (AvgIpc) is 3.50. The van der Waals surface area contributed by atoms with Gasteiger partial charge in [0.2, 0.25) is 0 Å². The number of allylic oxidation sites excluding steroid dienone is 1. The van der Waals surface area contributed by atoms with Gasteiger partial charge in [0.1, 0.15) is 0 Å². The molecule has 2 aromatic heterocycles. The summed E-state index contributed by atoms with van der Waals surface area (Å²) in [6.45, 7) is 2.19. The molecule has 0 bridgehead atoms. The standard InChI is InChI=1S/C27H22N4O2/c1-2-22(19-6-4-3-5-7-19)26(21-13-14-23-24(16-21)29-17-28-23)20-11-8-18(9-12-20)10-15-25-30-27(32)33-31-25/h3-17H,2H2,1H3,(H,28,29)(H,30,31,32)/b15-10+,26-22+. The summed E-state index contributed by atoms with van der Waals surface area (Å²) < 4.78 is 4.53. The minimum atomic E-state index is -0.568. The van der Waals surface area contributed by atoms with Crippen molar-refractivity contribution in [3.05, 3.63) is 118 Å². The maximum Gasteiger partial charge on any atom is 0.439 e. The van der Waals surface area contributed by atoms with Gasteiger partial charge in [-0.05, 0) is 58.0 Å². The Morgan fingerprint density at radius 2 is 1.73 bits per heavy atom. The second kappa shape index (κ2) is 8.96. The van der Waals surface area contributed by atoms with Crippen molar-refractivity contribution in [3.63, 3.8) is 0 Å². The number of aromatic nitrogens is 4. The quantitative estimate of drug-likeness (QED) is 0.332. The second-order valence-corrected chi connectivity index (χ2v) is 7.64. The van der Waals surface area contributed by atoms with Crippen LogP contribution in [0.25, 0.3) is 34.3 Å². The van der Waals surface area contributed by atoms with Crippen molar-refractivity contribution in [2.45, 2.75) is 13.3 Å². The molecule has 0 radical (unpaired) electrons. The Kier molecular flexibility index (Phi) is 5.55. The van der Waals surface area contributed by atoms with Crippen molar-refractivity contribution in [2.75, 3.05) is 0 Å². The number of H-pyrrole nitrogens is 2. The lowest BCUT2D eigenvalue weighted by atomic mass is 9.88. The van der Waals surface area contributed by atoms with Crippen molar-refractivity contribution in [1.82, 2.24) is 20.1 Å². The fraction of sp³-hybridized carbons (Fsp3) is 0.0741. The minimum Gasteiger partial charge on any atom is -0.345 e. The Bertz CT molecular complexity index is 1500. The van der Waals surface area contributed by atoms with E-state index >= 15 is 0 Å². The van der Waals surface area contributed by atoms with E-state index in [1.165, 1.54) is 16.7 Å². The second-order valence-electron chi connectivity index (χ2n) is 7.64. The lowest BCUT2D eigenvalue weighted by molar-refractivity contribution is 0.385. The Hall–Kier alpha value is -4.45. The van der Waals surface area contributed by atoms with Crippen LogP contribution in [0.2, 0.25) is 0 Å². The predicted molar refractivity (Wildman–Crippen MR) is 131 cm³/mol. The predicted octanol–water partition coefficient (Wildman–Crippen LogP) is 5.78. The molecule has 0 aliphatic rings. The summed E-state index contributed by atoms with van der Waals surface area (Å²) in [5, 5.41) is 3.66. The third-order valence-electron chi connectivity index (χ3n) is 5.58. The van der Waals surface area contributed by atoms with Gasteiger partial charge in [-0.1, -0.05) is 78.8 Å². The van der Waals surface area contributed by atoms with Crippen LogP contribution in [0.3, 0.4) is 0 Å². The van der Waals surface area contributed by atoms with Crippen LogP contribution in [0.5, 0.6) is 0 Å². The summed E-state index contributed by atoms with van der Waals surface area (Å²) >= 11 is 0. The van der Waals surface area contributed by atoms with Crippen LogP contribution >= 0.6 is 0 Å². The van der Waals surface area contributed by atoms with E-state index in [9.17, 15) is 4.79 Å². The van der Waals surface area contributed by atoms with Gasteiger partial charge < -0.3 is 4.98 Å². The van der Waals surface area contributed by atoms with E-state index in [0.717, 1.165) is 34.1 Å². The highest BCUT2D eigenvalue weighted by molar-refractivity contribution is 6.00. The summed E-state index contributed by atoms with van der Waals surface area (Å²) in [4.78, 5) is 21.2. The van der Waals surface area contributed by atoms with Crippen LogP contribution in [-0.2, 0) is 0 Å². The number of imidazole rings is 1. The zero-order valence-corrected chi connectivity index (χ0v) is 18.1. The molecule has 162 valence electrons. The van der Waals surface area contributed by atoms with Gasteiger partial charge in [0, 0.05) is 0 Å². The molecule has 0 atom stereocenters. The van der Waals surface area contributed by atoms with Crippen LogP contribution in [0.4, 0.5) is 0 Å². The fourth-order valence-corrected chi connectivity index (χ4v) is 4.02. The number of benzene rings is 3. The van der Waals surface area contributed by atoms with E-state index in [1.54, 1.807) is 12.4 Å². The van der Waals surface area contributed by atoms with Gasteiger partial charge in [-0.2, -0.15) is 0 Å². The number of aromatic amines is 2. The Labute approximate surface area is 190 Å². The van der Waals surface area contributed by atoms with Crippen molar-refractivity contribution in [1.29, 1.82) is 0 Å². The largest absolute Gasteiger partial charge is 0.439 e. The van der Waals surface area contributed by atoms with Crippen LogP contribution < -0.4 is 5.76 Å². The molecular formula is C27H22N4O2. The molecule has 0 aliphatic carbocycles. The summed E-state index contributed by atoms with van der Waals surface area (Å²) in [5.74, 6) is -0.183. The summed E-state index contributed by atoms with van der Waals surface area (Å²) in [6.07, 6.45) is 6.21. The summed E-state index contributed by atoms with van der Waals surface area (Å²) in [5.41, 5.74) is 8.88. The first-order valence-corrected chi connectivity index (χ1v) is 10.8. The molecule has 0 amide bonds. The van der Waals surface area contributed by atoms with E-state index in [4.69, 9.17) is 0 Å². The van der Waals surface area contributed by atoms with Gasteiger partial charge in [0.25, 0.3) is 0 Å². The molecular weight excluding hydrogens is 412 g/mol. The van der Waals surface area contributed by atoms with Gasteiger partial charge in [0.05, 0.1) is 17.4 Å². The monoisotopic (exact) mass is 434 g/mol. The molecule has 5 aromatic rings. The van der Waals surface area contributed by atoms with Gasteiger partial charge in [0.15, 0.2) is 5.82 Å². The highest BCUT2D eigenvalue weighted by atomic mass is 16.5. The lowest BCUT2D eigenvalue weighted by Gasteiger charge is -2.16. The third kappa shape index (κ3) is 4.32. The molecule has 3 aromatic carbocycles. The van der Waals surface area contributed by atoms with E-state index in [-0.39, 0.29) is 0 Å². The van der Waals surface area contributed by atoms with E-state index in [1.807, 2.05) is 12.1 Å². The first-order chi connectivity index (χ1) is 16.2. The van der Waals surface area contributed by atoms with E-state index in [2.05, 4.69) is 98.3 Å². The number of rotatable bonds is 6. The summed E-state index contributed by atoms with van der Waals surface area (Å²) in [7, 11) is 0. The summed E-state index contributed by atoms with van der Waals surface area (Å²) in [6, 6.07) is 25.2. The maximum absolute atomic E-state index is 11.1. The zero-order chi connectivity index (χ0) is 22.6. The van der Waals surface area contributed by atoms with Gasteiger partial charge in [-0.25, -0.2) is 9.78 Å². The number of fused-ring (bicyclic) bond motifs is 1. The smallest absolute Gasteiger partial charge is 0.345 e. The molecule has 0 saturated heterocycles. The Morgan fingerprint density at radius 1 is 0.939 bits per heavy atom. The maximum atomic E-state index is 11.1. The van der Waals surface area contributed by atoms with Gasteiger partial charge in [-0.15, -0.1) is 0 Å². The molecule has 0 spiro atoms. The number of nitrogens with one attached hydrogen (secondary N) is 2. The first-order valence-electron chi connectivity index (χ1n) is 10.8. The molecule has 5 rings (SSSR count). The van der Waals surface area contributed by atoms with Crippen molar-refractivity contribution in [3.8, 4) is 0 Å². The normalized spacial score (nSPS) is 12.4. The van der Waals surface area contributed by atoms with E-state index in [0.29, 0.717) is 5.82 Å². The highest BCUT2D eigenvalue weighted by Crippen LogP contribution is 2.35. The molecule has 2 N–H and O–H groups in total. The molecule has 0 saturated carbocycles. The highest BCUT2D eigenvalue weighted by Gasteiger charge is 2.14. The topological polar surface area (TPSA) is 87.6 Å². The van der Waals surface area contributed by atoms with Crippen molar-refractivity contribution in [2.24, 2.45) is 0 Å². The first kappa shape index (κ1) is 20.5. The molecule has 33 heavy (non-hydrogen) atoms. The Morgan fingerprint density at radius 3 is 2.45 bits per heavy atom. The molecule has 0 unspecified atom stereocenters. The Balaban J connectivity index is 1.60. The number of hydrogen-bond acceptors (Lipinski definition) is 4. The number of hydrogen-bond donors (Lipinski definition) is 2. The molecule has 6 nitrogen and oxygen atoms in total. The average molecular weight is 434 g/mol. The van der Waals surface area contributed by atoms with Crippen molar-refractivity contribution < 1.29 is 4.52 Å². The van der Waals surface area contributed by atoms with E-state index < -0.39 is 5.76 Å².